The van der Waals surface area contributed by atoms with Crippen molar-refractivity contribution in [1.29, 1.82) is 0 Å². The lowest BCUT2D eigenvalue weighted by atomic mass is 10.0. The second-order valence-electron chi connectivity index (χ2n) is 4.39. The summed E-state index contributed by atoms with van der Waals surface area (Å²) in [7, 11) is 1.70. The minimum absolute atomic E-state index is 0.463. The molecule has 0 bridgehead atoms. The van der Waals surface area contributed by atoms with E-state index in [0.29, 0.717) is 6.04 Å². The number of methoxy groups -OCH3 is 1. The van der Waals surface area contributed by atoms with Crippen molar-refractivity contribution in [2.45, 2.75) is 32.2 Å². The standard InChI is InChI=1S/C15H25NOS/c1-4-15(16-11-5-6-12-18-3)13-7-9-14(17-2)10-8-13/h7-10,15-16H,4-6,11-12H2,1-3H3. The fourth-order valence-corrected chi connectivity index (χ4v) is 2.47. The van der Waals surface area contributed by atoms with Crippen LogP contribution in [0.4, 0.5) is 0 Å². The van der Waals surface area contributed by atoms with Crippen molar-refractivity contribution in [3.8, 4) is 5.75 Å². The number of thioether (sulfide) groups is 1. The molecule has 0 saturated heterocycles. The van der Waals surface area contributed by atoms with Gasteiger partial charge < -0.3 is 10.1 Å². The number of hydrogen-bond acceptors (Lipinski definition) is 3. The molecule has 0 fully saturated rings. The first kappa shape index (κ1) is 15.4. The smallest absolute Gasteiger partial charge is 0.118 e. The second-order valence-corrected chi connectivity index (χ2v) is 5.37. The van der Waals surface area contributed by atoms with Crippen LogP contribution in [-0.4, -0.2) is 25.7 Å². The van der Waals surface area contributed by atoms with Crippen molar-refractivity contribution < 1.29 is 4.74 Å². The molecule has 0 heterocycles. The molecule has 0 aliphatic carbocycles. The van der Waals surface area contributed by atoms with E-state index in [-0.39, 0.29) is 0 Å². The molecule has 0 saturated carbocycles. The highest BCUT2D eigenvalue weighted by Crippen LogP contribution is 2.20. The second kappa shape index (κ2) is 9.29. The monoisotopic (exact) mass is 267 g/mol. The third-order valence-corrected chi connectivity index (χ3v) is 3.79. The van der Waals surface area contributed by atoms with Gasteiger partial charge in [-0.15, -0.1) is 0 Å². The van der Waals surface area contributed by atoms with Crippen LogP contribution in [0.2, 0.25) is 0 Å². The predicted octanol–water partition coefficient (Wildman–Crippen LogP) is 3.88. The summed E-state index contributed by atoms with van der Waals surface area (Å²) in [6.07, 6.45) is 5.84. The summed E-state index contributed by atoms with van der Waals surface area (Å²) in [5, 5.41) is 3.63. The Labute approximate surface area is 116 Å². The molecule has 0 aliphatic heterocycles. The van der Waals surface area contributed by atoms with Crippen molar-refractivity contribution in [2.75, 3.05) is 25.7 Å². The molecule has 1 unspecified atom stereocenters. The molecule has 0 aliphatic rings. The Bertz CT molecular complexity index is 313. The van der Waals surface area contributed by atoms with Crippen LogP contribution in [0.15, 0.2) is 24.3 Å². The van der Waals surface area contributed by atoms with Gasteiger partial charge in [-0.2, -0.15) is 11.8 Å². The SMILES string of the molecule is CCC(NCCCCSC)c1ccc(OC)cc1. The van der Waals surface area contributed by atoms with Gasteiger partial charge in [0.25, 0.3) is 0 Å². The molecular formula is C15H25NOS. The lowest BCUT2D eigenvalue weighted by Crippen LogP contribution is -2.21. The van der Waals surface area contributed by atoms with E-state index < -0.39 is 0 Å². The number of unbranched alkanes of at least 4 members (excludes halogenated alkanes) is 1. The molecule has 0 spiro atoms. The predicted molar refractivity (Wildman–Crippen MR) is 81.6 cm³/mol. The number of hydrogen-bond donors (Lipinski definition) is 1. The fraction of sp³-hybridized carbons (Fsp3) is 0.600. The van der Waals surface area contributed by atoms with E-state index in [4.69, 9.17) is 4.74 Å². The minimum atomic E-state index is 0.463. The van der Waals surface area contributed by atoms with E-state index in [1.807, 2.05) is 23.9 Å². The van der Waals surface area contributed by atoms with Gasteiger partial charge in [-0.1, -0.05) is 19.1 Å². The lowest BCUT2D eigenvalue weighted by Gasteiger charge is -2.17. The van der Waals surface area contributed by atoms with E-state index in [2.05, 4.69) is 30.6 Å². The van der Waals surface area contributed by atoms with Gasteiger partial charge in [0.1, 0.15) is 5.75 Å². The summed E-state index contributed by atoms with van der Waals surface area (Å²) >= 11 is 1.93. The third kappa shape index (κ3) is 5.32. The Hall–Kier alpha value is -0.670. The molecular weight excluding hydrogens is 242 g/mol. The van der Waals surface area contributed by atoms with Crippen molar-refractivity contribution >= 4 is 11.8 Å². The Kier molecular flexibility index (Phi) is 7.94. The maximum atomic E-state index is 5.19. The van der Waals surface area contributed by atoms with Crippen molar-refractivity contribution in [2.24, 2.45) is 0 Å². The first-order chi connectivity index (χ1) is 8.81. The average Bonchev–Trinajstić information content (AvgIpc) is 2.43. The summed E-state index contributed by atoms with van der Waals surface area (Å²) in [5.74, 6) is 2.19. The highest BCUT2D eigenvalue weighted by atomic mass is 32.2. The van der Waals surface area contributed by atoms with Gasteiger partial charge in [0.2, 0.25) is 0 Å². The molecule has 2 nitrogen and oxygen atoms in total. The Morgan fingerprint density at radius 3 is 2.50 bits per heavy atom. The van der Waals surface area contributed by atoms with Gasteiger partial charge in [0, 0.05) is 6.04 Å². The first-order valence-corrected chi connectivity index (χ1v) is 8.07. The van der Waals surface area contributed by atoms with Gasteiger partial charge in [-0.3, -0.25) is 0 Å². The van der Waals surface area contributed by atoms with Gasteiger partial charge in [-0.25, -0.2) is 0 Å². The summed E-state index contributed by atoms with van der Waals surface area (Å²) in [6, 6.07) is 8.84. The molecule has 1 rings (SSSR count). The van der Waals surface area contributed by atoms with Crippen LogP contribution in [-0.2, 0) is 0 Å². The maximum Gasteiger partial charge on any atom is 0.118 e. The molecule has 1 N–H and O–H groups in total. The molecule has 1 aromatic carbocycles. The van der Waals surface area contributed by atoms with E-state index in [9.17, 15) is 0 Å². The van der Waals surface area contributed by atoms with Crippen LogP contribution in [0.5, 0.6) is 5.75 Å². The largest absolute Gasteiger partial charge is 0.497 e. The third-order valence-electron chi connectivity index (χ3n) is 3.09. The van der Waals surface area contributed by atoms with Gasteiger partial charge in [0.05, 0.1) is 7.11 Å². The molecule has 3 heteroatoms. The van der Waals surface area contributed by atoms with E-state index >= 15 is 0 Å². The zero-order valence-corrected chi connectivity index (χ0v) is 12.6. The summed E-state index contributed by atoms with van der Waals surface area (Å²) < 4.78 is 5.19. The Morgan fingerprint density at radius 2 is 1.94 bits per heavy atom. The van der Waals surface area contributed by atoms with Crippen LogP contribution in [0.25, 0.3) is 0 Å². The highest BCUT2D eigenvalue weighted by molar-refractivity contribution is 7.98. The van der Waals surface area contributed by atoms with Crippen LogP contribution in [0.3, 0.4) is 0 Å². The maximum absolute atomic E-state index is 5.19. The van der Waals surface area contributed by atoms with Crippen LogP contribution < -0.4 is 10.1 Å². The highest BCUT2D eigenvalue weighted by Gasteiger charge is 2.07. The fourth-order valence-electron chi connectivity index (χ4n) is 1.98. The number of ether oxygens (including phenoxy) is 1. The molecule has 0 aromatic heterocycles. The van der Waals surface area contributed by atoms with Crippen molar-refractivity contribution in [1.82, 2.24) is 5.32 Å². The van der Waals surface area contributed by atoms with E-state index in [1.54, 1.807) is 7.11 Å². The van der Waals surface area contributed by atoms with Crippen molar-refractivity contribution in [3.05, 3.63) is 29.8 Å². The lowest BCUT2D eigenvalue weighted by molar-refractivity contribution is 0.414. The van der Waals surface area contributed by atoms with Crippen LogP contribution in [0, 0.1) is 0 Å². The number of nitrogens with one attached hydrogen (secondary N) is 1. The average molecular weight is 267 g/mol. The zero-order valence-electron chi connectivity index (χ0n) is 11.7. The quantitative estimate of drug-likeness (QED) is 0.686. The summed E-state index contributed by atoms with van der Waals surface area (Å²) in [4.78, 5) is 0. The topological polar surface area (TPSA) is 21.3 Å². The molecule has 0 amide bonds. The summed E-state index contributed by atoms with van der Waals surface area (Å²) in [5.41, 5.74) is 1.35. The molecule has 1 atom stereocenters. The van der Waals surface area contributed by atoms with E-state index in [1.165, 1.54) is 24.2 Å². The van der Waals surface area contributed by atoms with Crippen LogP contribution >= 0.6 is 11.8 Å². The van der Waals surface area contributed by atoms with E-state index in [0.717, 1.165) is 18.7 Å². The molecule has 0 radical (unpaired) electrons. The normalized spacial score (nSPS) is 12.4. The van der Waals surface area contributed by atoms with Gasteiger partial charge in [-0.05, 0) is 55.5 Å². The Balaban J connectivity index is 2.39. The molecule has 18 heavy (non-hydrogen) atoms. The first-order valence-electron chi connectivity index (χ1n) is 6.68. The Morgan fingerprint density at radius 1 is 1.22 bits per heavy atom. The molecule has 102 valence electrons. The number of rotatable bonds is 9. The van der Waals surface area contributed by atoms with Gasteiger partial charge >= 0.3 is 0 Å². The van der Waals surface area contributed by atoms with Crippen molar-refractivity contribution in [3.63, 3.8) is 0 Å². The number of benzene rings is 1. The van der Waals surface area contributed by atoms with Crippen LogP contribution in [0.1, 0.15) is 37.8 Å². The molecule has 1 aromatic rings. The minimum Gasteiger partial charge on any atom is -0.497 e. The summed E-state index contributed by atoms with van der Waals surface area (Å²) in [6.45, 7) is 3.33. The zero-order chi connectivity index (χ0) is 13.2. The van der Waals surface area contributed by atoms with Gasteiger partial charge in [0.15, 0.2) is 0 Å².